The maximum Gasteiger partial charge on any atom is 0.151 e. The van der Waals surface area contributed by atoms with Gasteiger partial charge in [0, 0.05) is 28.2 Å². The third-order valence-electron chi connectivity index (χ3n) is 7.45. The molecule has 0 amide bonds. The van der Waals surface area contributed by atoms with Gasteiger partial charge in [0.1, 0.15) is 0 Å². The second kappa shape index (κ2) is 8.61. The minimum Gasteiger partial charge on any atom is -0.453 e. The molecule has 0 saturated heterocycles. The largest absolute Gasteiger partial charge is 0.453 e. The van der Waals surface area contributed by atoms with E-state index >= 15 is 0 Å². The average Bonchev–Trinajstić information content (AvgIpc) is 3.34. The number of ether oxygens (including phenoxy) is 1. The normalized spacial score (nSPS) is 12.3. The van der Waals surface area contributed by atoms with Crippen LogP contribution in [-0.4, -0.2) is 9.55 Å². The number of aromatic nitrogens is 2. The molecule has 3 heterocycles. The van der Waals surface area contributed by atoms with E-state index < -0.39 is 0 Å². The first kappa shape index (κ1) is 21.7. The number of pyridine rings is 1. The predicted octanol–water partition coefficient (Wildman–Crippen LogP) is 9.42. The summed E-state index contributed by atoms with van der Waals surface area (Å²) in [6.45, 7) is 0. The minimum atomic E-state index is 0.831. The molecular formula is C35H23N3O. The van der Waals surface area contributed by atoms with E-state index in [-0.39, 0.29) is 0 Å². The first-order valence-corrected chi connectivity index (χ1v) is 13.1. The van der Waals surface area contributed by atoms with Crippen LogP contribution in [0.4, 0.5) is 17.1 Å². The van der Waals surface area contributed by atoms with Crippen LogP contribution < -0.4 is 9.64 Å². The van der Waals surface area contributed by atoms with Crippen LogP contribution in [0, 0.1) is 0 Å². The fraction of sp³-hybridized carbons (Fsp3) is 0. The lowest BCUT2D eigenvalue weighted by Gasteiger charge is -2.32. The van der Waals surface area contributed by atoms with Crippen LogP contribution in [0.25, 0.3) is 38.6 Å². The number of para-hydroxylation sites is 6. The second-order valence-corrected chi connectivity index (χ2v) is 9.72. The molecule has 0 bridgehead atoms. The van der Waals surface area contributed by atoms with Crippen molar-refractivity contribution in [3.63, 3.8) is 0 Å². The third-order valence-corrected chi connectivity index (χ3v) is 7.45. The van der Waals surface area contributed by atoms with E-state index in [1.807, 2.05) is 48.8 Å². The maximum absolute atomic E-state index is 6.19. The first-order chi connectivity index (χ1) is 19.3. The monoisotopic (exact) mass is 501 g/mol. The second-order valence-electron chi connectivity index (χ2n) is 9.72. The molecule has 0 radical (unpaired) electrons. The zero-order valence-corrected chi connectivity index (χ0v) is 21.0. The summed E-state index contributed by atoms with van der Waals surface area (Å²) in [7, 11) is 0. The highest BCUT2D eigenvalue weighted by Crippen LogP contribution is 2.50. The van der Waals surface area contributed by atoms with E-state index in [0.717, 1.165) is 45.4 Å². The zero-order chi connectivity index (χ0) is 25.8. The molecule has 8 rings (SSSR count). The summed E-state index contributed by atoms with van der Waals surface area (Å²) in [6, 6.07) is 44.4. The average molecular weight is 502 g/mol. The molecule has 0 aliphatic carbocycles. The van der Waals surface area contributed by atoms with Gasteiger partial charge in [0.05, 0.1) is 34.3 Å². The van der Waals surface area contributed by atoms with Gasteiger partial charge in [-0.05, 0) is 60.2 Å². The quantitative estimate of drug-likeness (QED) is 0.242. The Hall–Kier alpha value is -5.35. The van der Waals surface area contributed by atoms with Crippen LogP contribution in [0.5, 0.6) is 11.5 Å². The van der Waals surface area contributed by atoms with Crippen LogP contribution in [-0.2, 0) is 0 Å². The molecule has 4 nitrogen and oxygen atoms in total. The lowest BCUT2D eigenvalue weighted by atomic mass is 10.1. The highest BCUT2D eigenvalue weighted by atomic mass is 16.5. The number of nitrogens with zero attached hydrogens (tertiary/aromatic N) is 3. The predicted molar refractivity (Wildman–Crippen MR) is 159 cm³/mol. The van der Waals surface area contributed by atoms with E-state index in [4.69, 9.17) is 4.74 Å². The van der Waals surface area contributed by atoms with Gasteiger partial charge in [0.15, 0.2) is 11.5 Å². The van der Waals surface area contributed by atoms with Gasteiger partial charge in [-0.2, -0.15) is 0 Å². The van der Waals surface area contributed by atoms with Crippen molar-refractivity contribution in [2.45, 2.75) is 0 Å². The van der Waals surface area contributed by atoms with Crippen LogP contribution in [0.3, 0.4) is 0 Å². The fourth-order valence-corrected chi connectivity index (χ4v) is 5.69. The van der Waals surface area contributed by atoms with Gasteiger partial charge in [0.25, 0.3) is 0 Å². The molecule has 2 aromatic heterocycles. The highest BCUT2D eigenvalue weighted by Gasteiger charge is 2.25. The topological polar surface area (TPSA) is 30.3 Å². The van der Waals surface area contributed by atoms with Crippen LogP contribution in [0.2, 0.25) is 0 Å². The van der Waals surface area contributed by atoms with E-state index in [9.17, 15) is 0 Å². The van der Waals surface area contributed by atoms with E-state index in [0.29, 0.717) is 0 Å². The van der Waals surface area contributed by atoms with Gasteiger partial charge < -0.3 is 14.2 Å². The molecule has 0 spiro atoms. The van der Waals surface area contributed by atoms with E-state index in [1.165, 1.54) is 21.8 Å². The number of benzene rings is 5. The van der Waals surface area contributed by atoms with Crippen molar-refractivity contribution in [3.05, 3.63) is 140 Å². The highest BCUT2D eigenvalue weighted by molar-refractivity contribution is 6.09. The molecular weight excluding hydrogens is 478 g/mol. The molecule has 0 fully saturated rings. The van der Waals surface area contributed by atoms with Crippen molar-refractivity contribution in [3.8, 4) is 28.3 Å². The summed E-state index contributed by atoms with van der Waals surface area (Å²) in [5.41, 5.74) is 8.71. The number of hydrogen-bond donors (Lipinski definition) is 0. The van der Waals surface area contributed by atoms with Crippen molar-refractivity contribution in [2.24, 2.45) is 0 Å². The van der Waals surface area contributed by atoms with E-state index in [1.54, 1.807) is 0 Å². The maximum atomic E-state index is 6.19. The Kier molecular flexibility index (Phi) is 4.79. The molecule has 184 valence electrons. The third kappa shape index (κ3) is 3.42. The molecule has 39 heavy (non-hydrogen) atoms. The molecule has 1 aliphatic rings. The summed E-state index contributed by atoms with van der Waals surface area (Å²) in [5.74, 6) is 1.66. The molecule has 7 aromatic rings. The Bertz CT molecular complexity index is 1910. The Labute approximate surface area is 226 Å². The van der Waals surface area contributed by atoms with Crippen molar-refractivity contribution in [1.29, 1.82) is 0 Å². The zero-order valence-electron chi connectivity index (χ0n) is 21.0. The Morgan fingerprint density at radius 1 is 0.487 bits per heavy atom. The smallest absolute Gasteiger partial charge is 0.151 e. The summed E-state index contributed by atoms with van der Waals surface area (Å²) in [5, 5.41) is 2.53. The van der Waals surface area contributed by atoms with Gasteiger partial charge in [-0.3, -0.25) is 4.98 Å². The molecule has 0 N–H and O–H groups in total. The minimum absolute atomic E-state index is 0.831. The summed E-state index contributed by atoms with van der Waals surface area (Å²) in [6.07, 6.45) is 3.84. The van der Waals surface area contributed by atoms with Gasteiger partial charge in [0.2, 0.25) is 0 Å². The number of rotatable bonds is 3. The Morgan fingerprint density at radius 2 is 1.05 bits per heavy atom. The van der Waals surface area contributed by atoms with Crippen LogP contribution in [0.1, 0.15) is 0 Å². The fourth-order valence-electron chi connectivity index (χ4n) is 5.69. The number of hydrogen-bond acceptors (Lipinski definition) is 3. The lowest BCUT2D eigenvalue weighted by molar-refractivity contribution is 0.477. The summed E-state index contributed by atoms with van der Waals surface area (Å²) in [4.78, 5) is 6.87. The Morgan fingerprint density at radius 3 is 1.69 bits per heavy atom. The first-order valence-electron chi connectivity index (χ1n) is 13.1. The molecule has 0 unspecified atom stereocenters. The summed E-state index contributed by atoms with van der Waals surface area (Å²) < 4.78 is 8.53. The van der Waals surface area contributed by atoms with E-state index in [2.05, 4.69) is 105 Å². The molecule has 4 heteroatoms. The van der Waals surface area contributed by atoms with Gasteiger partial charge in [-0.25, -0.2) is 0 Å². The number of anilines is 3. The van der Waals surface area contributed by atoms with Crippen LogP contribution in [0.15, 0.2) is 140 Å². The van der Waals surface area contributed by atoms with Crippen molar-refractivity contribution < 1.29 is 4.74 Å². The van der Waals surface area contributed by atoms with Crippen molar-refractivity contribution in [2.75, 3.05) is 4.90 Å². The molecule has 0 saturated carbocycles. The number of fused-ring (bicyclic) bond motifs is 5. The van der Waals surface area contributed by atoms with Crippen LogP contribution >= 0.6 is 0 Å². The molecule has 5 aromatic carbocycles. The summed E-state index contributed by atoms with van der Waals surface area (Å²) >= 11 is 0. The lowest BCUT2D eigenvalue weighted by Crippen LogP contribution is -2.15. The Balaban J connectivity index is 1.22. The SMILES string of the molecule is c1ccc2c(c1)Oc1ccccc1N2c1cncc(-c2ccc(-n3c4ccccc4c4ccccc43)cc2)c1. The molecule has 0 atom stereocenters. The van der Waals surface area contributed by atoms with Crippen molar-refractivity contribution in [1.82, 2.24) is 9.55 Å². The van der Waals surface area contributed by atoms with Gasteiger partial charge in [-0.15, -0.1) is 0 Å². The molecule has 1 aliphatic heterocycles. The van der Waals surface area contributed by atoms with Gasteiger partial charge in [-0.1, -0.05) is 72.8 Å². The standard InChI is InChI=1S/C35H23N3O/c1-3-11-30-28(9-1)29-10-2-4-12-31(29)37(30)26-19-17-24(18-20-26)25-21-27(23-36-22-25)38-32-13-5-7-15-34(32)39-35-16-8-6-14-33(35)38/h1-23H. The van der Waals surface area contributed by atoms with Crippen molar-refractivity contribution >= 4 is 38.9 Å². The van der Waals surface area contributed by atoms with Gasteiger partial charge >= 0.3 is 0 Å².